The van der Waals surface area contributed by atoms with E-state index >= 15 is 0 Å². The average molecular weight is 329 g/mol. The Bertz CT molecular complexity index is 777. The van der Waals surface area contributed by atoms with Crippen molar-refractivity contribution >= 4 is 23.2 Å². The molecule has 1 aliphatic rings. The second-order valence-electron chi connectivity index (χ2n) is 5.63. The first-order valence-electron chi connectivity index (χ1n) is 7.47. The number of hydrogen-bond donors (Lipinski definition) is 1. The lowest BCUT2D eigenvalue weighted by molar-refractivity contribution is -0.118. The summed E-state index contributed by atoms with van der Waals surface area (Å²) in [5.41, 5.74) is 2.23. The highest BCUT2D eigenvalue weighted by Gasteiger charge is 2.24. The Hall–Kier alpha value is -2.29. The first-order chi connectivity index (χ1) is 11.1. The van der Waals surface area contributed by atoms with Crippen LogP contribution in [-0.4, -0.2) is 28.5 Å². The Morgan fingerprint density at radius 2 is 2.26 bits per heavy atom. The topological polar surface area (TPSA) is 61.1 Å². The van der Waals surface area contributed by atoms with Crippen molar-refractivity contribution in [1.29, 1.82) is 5.26 Å². The molecule has 1 aliphatic heterocycles. The highest BCUT2D eigenvalue weighted by atomic mass is 35.5. The van der Waals surface area contributed by atoms with Crippen LogP contribution in [0.25, 0.3) is 0 Å². The maximum absolute atomic E-state index is 12.3. The zero-order chi connectivity index (χ0) is 16.4. The fourth-order valence-corrected chi connectivity index (χ4v) is 3.13. The summed E-state index contributed by atoms with van der Waals surface area (Å²) in [6.07, 6.45) is 2.07. The third kappa shape index (κ3) is 3.24. The molecule has 0 spiro atoms. The number of halogens is 1. The molecule has 23 heavy (non-hydrogen) atoms. The van der Waals surface area contributed by atoms with Gasteiger partial charge in [0.2, 0.25) is 5.91 Å². The molecule has 2 heterocycles. The van der Waals surface area contributed by atoms with E-state index in [9.17, 15) is 4.79 Å². The average Bonchev–Trinajstić information content (AvgIpc) is 3.00. The van der Waals surface area contributed by atoms with E-state index in [4.69, 9.17) is 16.9 Å². The molecule has 1 amide bonds. The zero-order valence-corrected chi connectivity index (χ0v) is 13.5. The van der Waals surface area contributed by atoms with Gasteiger partial charge in [-0.05, 0) is 37.3 Å². The molecule has 1 aromatic heterocycles. The number of anilines is 1. The Labute approximate surface area is 140 Å². The van der Waals surface area contributed by atoms with E-state index in [1.165, 1.54) is 5.69 Å². The number of carbonyl (C=O) groups is 1. The van der Waals surface area contributed by atoms with E-state index in [1.54, 1.807) is 18.2 Å². The van der Waals surface area contributed by atoms with Crippen molar-refractivity contribution in [2.24, 2.45) is 0 Å². The number of nitrogens with one attached hydrogen (secondary N) is 1. The summed E-state index contributed by atoms with van der Waals surface area (Å²) in [5, 5.41) is 12.0. The largest absolute Gasteiger partial charge is 0.349 e. The van der Waals surface area contributed by atoms with Crippen molar-refractivity contribution in [3.63, 3.8) is 0 Å². The molecule has 0 bridgehead atoms. The number of hydrogen-bond acceptors (Lipinski definition) is 3. The Morgan fingerprint density at radius 3 is 3.00 bits per heavy atom. The minimum Gasteiger partial charge on any atom is -0.349 e. The molecule has 0 aliphatic carbocycles. The van der Waals surface area contributed by atoms with Gasteiger partial charge in [0, 0.05) is 36.7 Å². The van der Waals surface area contributed by atoms with Crippen LogP contribution in [-0.2, 0) is 11.3 Å². The number of aromatic nitrogens is 1. The van der Waals surface area contributed by atoms with Crippen molar-refractivity contribution < 1.29 is 4.79 Å². The van der Waals surface area contributed by atoms with E-state index < -0.39 is 0 Å². The molecular weight excluding hydrogens is 312 g/mol. The molecule has 6 heteroatoms. The van der Waals surface area contributed by atoms with E-state index in [0.717, 1.165) is 13.1 Å². The smallest absolute Gasteiger partial charge is 0.238 e. The zero-order valence-electron chi connectivity index (χ0n) is 12.8. The lowest BCUT2D eigenvalue weighted by atomic mass is 10.1. The van der Waals surface area contributed by atoms with Crippen LogP contribution in [0.4, 0.5) is 5.69 Å². The molecule has 2 aromatic rings. The van der Waals surface area contributed by atoms with Gasteiger partial charge in [-0.15, -0.1) is 0 Å². The predicted octanol–water partition coefficient (Wildman–Crippen LogP) is 3.03. The Kier molecular flexibility index (Phi) is 4.37. The van der Waals surface area contributed by atoms with Crippen LogP contribution in [0, 0.1) is 11.3 Å². The van der Waals surface area contributed by atoms with Gasteiger partial charge in [-0.3, -0.25) is 9.69 Å². The summed E-state index contributed by atoms with van der Waals surface area (Å²) in [7, 11) is 0. The third-order valence-corrected chi connectivity index (χ3v) is 4.50. The highest BCUT2D eigenvalue weighted by Crippen LogP contribution is 2.25. The number of nitrogens with zero attached hydrogens (tertiary/aromatic N) is 3. The van der Waals surface area contributed by atoms with Crippen LogP contribution in [0.2, 0.25) is 5.02 Å². The molecule has 1 aromatic carbocycles. The summed E-state index contributed by atoms with van der Waals surface area (Å²) in [5.74, 6) is -0.0855. The fourth-order valence-electron chi connectivity index (χ4n) is 2.91. The maximum atomic E-state index is 12.3. The monoisotopic (exact) mass is 328 g/mol. The molecule has 1 N–H and O–H groups in total. The normalized spacial score (nSPS) is 17.3. The van der Waals surface area contributed by atoms with Crippen molar-refractivity contribution in [2.45, 2.75) is 19.5 Å². The third-order valence-electron chi connectivity index (χ3n) is 4.19. The van der Waals surface area contributed by atoms with Crippen LogP contribution >= 0.6 is 11.6 Å². The quantitative estimate of drug-likeness (QED) is 0.942. The molecule has 1 unspecified atom stereocenters. The summed E-state index contributed by atoms with van der Waals surface area (Å²) >= 11 is 5.98. The Balaban J connectivity index is 1.64. The predicted molar refractivity (Wildman–Crippen MR) is 89.2 cm³/mol. The second kappa shape index (κ2) is 6.45. The molecule has 1 atom stereocenters. The SMILES string of the molecule is CC1c2cccn2CCN1CC(=O)Nc1ccc(C#N)c(Cl)c1. The van der Waals surface area contributed by atoms with Gasteiger partial charge in [-0.1, -0.05) is 11.6 Å². The summed E-state index contributed by atoms with van der Waals surface area (Å²) in [6, 6.07) is 11.2. The van der Waals surface area contributed by atoms with Crippen LogP contribution in [0.5, 0.6) is 0 Å². The van der Waals surface area contributed by atoms with E-state index in [0.29, 0.717) is 22.8 Å². The Morgan fingerprint density at radius 1 is 1.43 bits per heavy atom. The van der Waals surface area contributed by atoms with E-state index in [-0.39, 0.29) is 11.9 Å². The van der Waals surface area contributed by atoms with Crippen LogP contribution in [0.15, 0.2) is 36.5 Å². The van der Waals surface area contributed by atoms with Crippen LogP contribution in [0.3, 0.4) is 0 Å². The number of fused-ring (bicyclic) bond motifs is 1. The van der Waals surface area contributed by atoms with Crippen molar-refractivity contribution in [1.82, 2.24) is 9.47 Å². The van der Waals surface area contributed by atoms with Gasteiger partial charge in [0.1, 0.15) is 6.07 Å². The molecular formula is C17H17ClN4O. The summed E-state index contributed by atoms with van der Waals surface area (Å²) < 4.78 is 2.22. The minimum atomic E-state index is -0.0855. The molecule has 0 saturated carbocycles. The maximum Gasteiger partial charge on any atom is 0.238 e. The van der Waals surface area contributed by atoms with Crippen molar-refractivity contribution in [3.05, 3.63) is 52.8 Å². The highest BCUT2D eigenvalue weighted by molar-refractivity contribution is 6.32. The molecule has 118 valence electrons. The van der Waals surface area contributed by atoms with Gasteiger partial charge in [0.05, 0.1) is 17.1 Å². The summed E-state index contributed by atoms with van der Waals surface area (Å²) in [4.78, 5) is 14.4. The standard InChI is InChI=1S/C17H17ClN4O/c1-12-16-3-2-6-21(16)7-8-22(12)11-17(23)20-14-5-4-13(10-19)15(18)9-14/h2-6,9,12H,7-8,11H2,1H3,(H,20,23). The number of amides is 1. The van der Waals surface area contributed by atoms with Crippen molar-refractivity contribution in [3.8, 4) is 6.07 Å². The van der Waals surface area contributed by atoms with Crippen LogP contribution < -0.4 is 5.32 Å². The minimum absolute atomic E-state index is 0.0855. The number of benzene rings is 1. The number of rotatable bonds is 3. The molecule has 0 radical (unpaired) electrons. The fraction of sp³-hybridized carbons (Fsp3) is 0.294. The van der Waals surface area contributed by atoms with Gasteiger partial charge in [0.25, 0.3) is 0 Å². The number of carbonyl (C=O) groups excluding carboxylic acids is 1. The molecule has 5 nitrogen and oxygen atoms in total. The first-order valence-corrected chi connectivity index (χ1v) is 7.85. The lowest BCUT2D eigenvalue weighted by Crippen LogP contribution is -2.41. The first kappa shape index (κ1) is 15.6. The van der Waals surface area contributed by atoms with Gasteiger partial charge < -0.3 is 9.88 Å². The molecule has 0 fully saturated rings. The lowest BCUT2D eigenvalue weighted by Gasteiger charge is -2.34. The van der Waals surface area contributed by atoms with Crippen molar-refractivity contribution in [2.75, 3.05) is 18.4 Å². The van der Waals surface area contributed by atoms with Gasteiger partial charge in [-0.2, -0.15) is 5.26 Å². The van der Waals surface area contributed by atoms with Gasteiger partial charge in [0.15, 0.2) is 0 Å². The van der Waals surface area contributed by atoms with E-state index in [2.05, 4.69) is 34.0 Å². The van der Waals surface area contributed by atoms with Crippen LogP contribution in [0.1, 0.15) is 24.2 Å². The van der Waals surface area contributed by atoms with Gasteiger partial charge >= 0.3 is 0 Å². The van der Waals surface area contributed by atoms with Gasteiger partial charge in [-0.25, -0.2) is 0 Å². The second-order valence-corrected chi connectivity index (χ2v) is 6.03. The molecule has 3 rings (SSSR count). The van der Waals surface area contributed by atoms with E-state index in [1.807, 2.05) is 12.1 Å². The molecule has 0 saturated heterocycles. The summed E-state index contributed by atoms with van der Waals surface area (Å²) in [6.45, 7) is 4.16. The number of nitriles is 1.